The van der Waals surface area contributed by atoms with Crippen molar-refractivity contribution in [3.63, 3.8) is 0 Å². The second-order valence-electron chi connectivity index (χ2n) is 8.26. The third-order valence-corrected chi connectivity index (χ3v) is 7.58. The zero-order chi connectivity index (χ0) is 25.1. The van der Waals surface area contributed by atoms with Gasteiger partial charge in [0.1, 0.15) is 10.6 Å². The summed E-state index contributed by atoms with van der Waals surface area (Å²) in [6, 6.07) is 7.01. The Bertz CT molecular complexity index is 1140. The maximum atomic E-state index is 13.3. The number of methoxy groups -OCH3 is 1. The number of hydrogen-bond donors (Lipinski definition) is 1. The van der Waals surface area contributed by atoms with Gasteiger partial charge in [0.2, 0.25) is 10.0 Å². The first-order chi connectivity index (χ1) is 15.9. The summed E-state index contributed by atoms with van der Waals surface area (Å²) in [5.41, 5.74) is -0.603. The van der Waals surface area contributed by atoms with Gasteiger partial charge in [0.25, 0.3) is 5.91 Å². The van der Waals surface area contributed by atoms with Crippen LogP contribution in [0.5, 0.6) is 5.75 Å². The SMILES string of the molecule is COc1ccc(C(=O)Nc2cc(C(F)(F)F)ccc2N(C)C)cc1S(=O)(=O)N1CCCCCC1. The largest absolute Gasteiger partial charge is 0.495 e. The lowest BCUT2D eigenvalue weighted by atomic mass is 10.1. The van der Waals surface area contributed by atoms with E-state index in [1.54, 1.807) is 19.0 Å². The highest BCUT2D eigenvalue weighted by Gasteiger charge is 2.32. The molecule has 0 aromatic heterocycles. The minimum Gasteiger partial charge on any atom is -0.495 e. The summed E-state index contributed by atoms with van der Waals surface area (Å²) in [4.78, 5) is 14.4. The molecule has 0 spiro atoms. The van der Waals surface area contributed by atoms with Crippen molar-refractivity contribution in [1.82, 2.24) is 4.31 Å². The third kappa shape index (κ3) is 5.64. The smallest absolute Gasteiger partial charge is 0.416 e. The van der Waals surface area contributed by atoms with Gasteiger partial charge in [-0.1, -0.05) is 12.8 Å². The quantitative estimate of drug-likeness (QED) is 0.629. The minimum atomic E-state index is -4.58. The summed E-state index contributed by atoms with van der Waals surface area (Å²) < 4.78 is 73.0. The van der Waals surface area contributed by atoms with Crippen LogP contribution in [0, 0.1) is 0 Å². The van der Waals surface area contributed by atoms with E-state index >= 15 is 0 Å². The molecule has 1 saturated heterocycles. The van der Waals surface area contributed by atoms with Crippen LogP contribution in [0.2, 0.25) is 0 Å². The van der Waals surface area contributed by atoms with Gasteiger partial charge in [-0.3, -0.25) is 4.79 Å². The molecule has 7 nitrogen and oxygen atoms in total. The Morgan fingerprint density at radius 1 is 1.03 bits per heavy atom. The second-order valence-corrected chi connectivity index (χ2v) is 10.2. The van der Waals surface area contributed by atoms with E-state index in [-0.39, 0.29) is 21.9 Å². The van der Waals surface area contributed by atoms with Crippen LogP contribution in [0.15, 0.2) is 41.3 Å². The van der Waals surface area contributed by atoms with Crippen molar-refractivity contribution < 1.29 is 31.1 Å². The van der Waals surface area contributed by atoms with E-state index in [9.17, 15) is 26.4 Å². The summed E-state index contributed by atoms with van der Waals surface area (Å²) in [5, 5.41) is 2.50. The monoisotopic (exact) mass is 499 g/mol. The first kappa shape index (κ1) is 25.8. The lowest BCUT2D eigenvalue weighted by Crippen LogP contribution is -2.32. The van der Waals surface area contributed by atoms with Crippen molar-refractivity contribution in [2.75, 3.05) is 44.5 Å². The summed E-state index contributed by atoms with van der Waals surface area (Å²) in [5.74, 6) is -0.647. The number of hydrogen-bond acceptors (Lipinski definition) is 5. The number of nitrogens with zero attached hydrogens (tertiary/aromatic N) is 2. The zero-order valence-electron chi connectivity index (χ0n) is 19.3. The molecule has 186 valence electrons. The van der Waals surface area contributed by atoms with E-state index in [0.29, 0.717) is 18.8 Å². The standard InChI is InChI=1S/C23H28F3N3O4S/c1-28(2)19-10-9-17(23(24,25)26)15-18(19)27-22(30)16-8-11-20(33-3)21(14-16)34(31,32)29-12-6-4-5-7-13-29/h8-11,14-15H,4-7,12-13H2,1-3H3,(H,27,30). The molecule has 1 N–H and O–H groups in total. The van der Waals surface area contributed by atoms with Gasteiger partial charge in [0.15, 0.2) is 0 Å². The molecule has 0 saturated carbocycles. The van der Waals surface area contributed by atoms with Gasteiger partial charge in [0, 0.05) is 32.7 Å². The Morgan fingerprint density at radius 3 is 2.24 bits per heavy atom. The summed E-state index contributed by atoms with van der Waals surface area (Å²) in [6.45, 7) is 0.747. The maximum absolute atomic E-state index is 13.3. The Labute approximate surface area is 197 Å². The third-order valence-electron chi connectivity index (χ3n) is 5.66. The number of ether oxygens (including phenoxy) is 1. The Kier molecular flexibility index (Phi) is 7.77. The number of carbonyl (C=O) groups excluding carboxylic acids is 1. The first-order valence-electron chi connectivity index (χ1n) is 10.8. The van der Waals surface area contributed by atoms with Crippen molar-refractivity contribution in [3.8, 4) is 5.75 Å². The van der Waals surface area contributed by atoms with Gasteiger partial charge in [-0.2, -0.15) is 17.5 Å². The molecule has 0 bridgehead atoms. The topological polar surface area (TPSA) is 79.0 Å². The number of benzene rings is 2. The molecule has 0 radical (unpaired) electrons. The number of nitrogens with one attached hydrogen (secondary N) is 1. The number of anilines is 2. The predicted molar refractivity (Wildman–Crippen MR) is 124 cm³/mol. The Balaban J connectivity index is 1.98. The normalized spacial score (nSPS) is 15.5. The number of alkyl halides is 3. The summed E-state index contributed by atoms with van der Waals surface area (Å²) in [6.07, 6.45) is -1.22. The van der Waals surface area contributed by atoms with Gasteiger partial charge in [-0.15, -0.1) is 0 Å². The Hall–Kier alpha value is -2.79. The molecule has 3 rings (SSSR count). The molecule has 1 fully saturated rings. The summed E-state index contributed by atoms with van der Waals surface area (Å²) >= 11 is 0. The van der Waals surface area contributed by atoms with Crippen LogP contribution in [-0.4, -0.2) is 52.9 Å². The average Bonchev–Trinajstić information content (AvgIpc) is 3.08. The molecule has 11 heteroatoms. The van der Waals surface area contributed by atoms with Crippen LogP contribution in [0.25, 0.3) is 0 Å². The van der Waals surface area contributed by atoms with Crippen LogP contribution in [0.3, 0.4) is 0 Å². The van der Waals surface area contributed by atoms with Crippen LogP contribution in [0.1, 0.15) is 41.6 Å². The highest BCUT2D eigenvalue weighted by Crippen LogP contribution is 2.35. The molecule has 1 aliphatic rings. The van der Waals surface area contributed by atoms with Crippen LogP contribution >= 0.6 is 0 Å². The van der Waals surface area contributed by atoms with Gasteiger partial charge >= 0.3 is 6.18 Å². The number of halogens is 3. The number of rotatable bonds is 6. The van der Waals surface area contributed by atoms with Crippen molar-refractivity contribution in [2.24, 2.45) is 0 Å². The van der Waals surface area contributed by atoms with Crippen LogP contribution in [-0.2, 0) is 16.2 Å². The lowest BCUT2D eigenvalue weighted by Gasteiger charge is -2.22. The molecular formula is C23H28F3N3O4S. The predicted octanol–water partition coefficient (Wildman–Crippen LogP) is 4.60. The van der Waals surface area contributed by atoms with E-state index < -0.39 is 27.7 Å². The molecule has 1 aliphatic heterocycles. The zero-order valence-corrected chi connectivity index (χ0v) is 20.1. The van der Waals surface area contributed by atoms with Gasteiger partial charge in [-0.25, -0.2) is 8.42 Å². The Morgan fingerprint density at radius 2 is 1.68 bits per heavy atom. The molecule has 34 heavy (non-hydrogen) atoms. The highest BCUT2D eigenvalue weighted by molar-refractivity contribution is 7.89. The maximum Gasteiger partial charge on any atom is 0.416 e. The fourth-order valence-electron chi connectivity index (χ4n) is 3.84. The minimum absolute atomic E-state index is 0.0173. The summed E-state index contributed by atoms with van der Waals surface area (Å²) in [7, 11) is 0.675. The molecule has 0 unspecified atom stereocenters. The van der Waals surface area contributed by atoms with Gasteiger partial charge < -0.3 is 15.0 Å². The molecule has 0 atom stereocenters. The van der Waals surface area contributed by atoms with E-state index in [2.05, 4.69) is 5.32 Å². The molecule has 1 amide bonds. The van der Waals surface area contributed by atoms with E-state index in [1.165, 1.54) is 35.7 Å². The van der Waals surface area contributed by atoms with E-state index in [1.807, 2.05) is 0 Å². The molecular weight excluding hydrogens is 471 g/mol. The van der Waals surface area contributed by atoms with Crippen molar-refractivity contribution in [2.45, 2.75) is 36.8 Å². The van der Waals surface area contributed by atoms with Crippen molar-refractivity contribution >= 4 is 27.3 Å². The van der Waals surface area contributed by atoms with Crippen molar-refractivity contribution in [1.29, 1.82) is 0 Å². The fraction of sp³-hybridized carbons (Fsp3) is 0.435. The van der Waals surface area contributed by atoms with Gasteiger partial charge in [-0.05, 0) is 49.2 Å². The number of carbonyl (C=O) groups is 1. The van der Waals surface area contributed by atoms with E-state index in [4.69, 9.17) is 4.74 Å². The second kappa shape index (κ2) is 10.2. The average molecular weight is 500 g/mol. The first-order valence-corrected chi connectivity index (χ1v) is 12.3. The number of amides is 1. The molecule has 2 aromatic carbocycles. The molecule has 1 heterocycles. The molecule has 2 aromatic rings. The van der Waals surface area contributed by atoms with Crippen LogP contribution in [0.4, 0.5) is 24.5 Å². The highest BCUT2D eigenvalue weighted by atomic mass is 32.2. The van der Waals surface area contributed by atoms with Crippen LogP contribution < -0.4 is 15.0 Å². The fourth-order valence-corrected chi connectivity index (χ4v) is 5.54. The molecule has 0 aliphatic carbocycles. The van der Waals surface area contributed by atoms with E-state index in [0.717, 1.165) is 37.8 Å². The lowest BCUT2D eigenvalue weighted by molar-refractivity contribution is -0.137. The van der Waals surface area contributed by atoms with Gasteiger partial charge in [0.05, 0.1) is 24.0 Å². The number of sulfonamides is 1. The van der Waals surface area contributed by atoms with Crippen molar-refractivity contribution in [3.05, 3.63) is 47.5 Å².